The number of rotatable bonds is 4. The van der Waals surface area contributed by atoms with Crippen LogP contribution in [0.2, 0.25) is 0 Å². The molecule has 2 aliphatic heterocycles. The van der Waals surface area contributed by atoms with E-state index in [0.29, 0.717) is 25.0 Å². The van der Waals surface area contributed by atoms with Crippen molar-refractivity contribution in [1.29, 1.82) is 0 Å². The summed E-state index contributed by atoms with van der Waals surface area (Å²) in [5.74, 6) is 1.26. The molecule has 0 aliphatic carbocycles. The van der Waals surface area contributed by atoms with Crippen molar-refractivity contribution in [3.63, 3.8) is 0 Å². The molecule has 1 amide bonds. The van der Waals surface area contributed by atoms with Crippen LogP contribution < -0.4 is 5.32 Å². The Balaban J connectivity index is 1.74. The van der Waals surface area contributed by atoms with Gasteiger partial charge in [0.15, 0.2) is 0 Å². The molecule has 3 rings (SSSR count). The minimum Gasteiger partial charge on any atom is -0.348 e. The maximum atomic E-state index is 12.1. The highest BCUT2D eigenvalue weighted by atomic mass is 16.2. The number of fused-ring (bicyclic) bond motifs is 1. The van der Waals surface area contributed by atoms with E-state index in [4.69, 9.17) is 4.99 Å². The minimum atomic E-state index is 0.000361. The second-order valence-corrected chi connectivity index (χ2v) is 6.83. The summed E-state index contributed by atoms with van der Waals surface area (Å²) in [6.45, 7) is 6.36. The van der Waals surface area contributed by atoms with Gasteiger partial charge in [0.25, 0.3) is 0 Å². The molecule has 1 aromatic rings. The number of aromatic nitrogens is 1. The summed E-state index contributed by atoms with van der Waals surface area (Å²) < 4.78 is 0. The van der Waals surface area contributed by atoms with Gasteiger partial charge in [-0.1, -0.05) is 6.58 Å². The SMILES string of the molecule is C=CC(=O)N1C[C@H](CN=C2CN=CNc3[nH]ccc32)C[C@H](N(C)C)C1. The van der Waals surface area contributed by atoms with E-state index in [-0.39, 0.29) is 5.91 Å². The smallest absolute Gasteiger partial charge is 0.246 e. The first-order chi connectivity index (χ1) is 12.1. The fourth-order valence-corrected chi connectivity index (χ4v) is 3.42. The molecule has 0 aromatic carbocycles. The van der Waals surface area contributed by atoms with Crippen LogP contribution in [0, 0.1) is 5.92 Å². The summed E-state index contributed by atoms with van der Waals surface area (Å²) in [4.78, 5) is 28.5. The number of amides is 1. The molecule has 1 aromatic heterocycles. The van der Waals surface area contributed by atoms with E-state index < -0.39 is 0 Å². The van der Waals surface area contributed by atoms with Gasteiger partial charge < -0.3 is 20.1 Å². The van der Waals surface area contributed by atoms with E-state index in [2.05, 4.69) is 40.9 Å². The maximum Gasteiger partial charge on any atom is 0.246 e. The Kier molecular flexibility index (Phi) is 5.33. The number of carbonyl (C=O) groups excluding carboxylic acids is 1. The lowest BCUT2D eigenvalue weighted by Crippen LogP contribution is -2.51. The first kappa shape index (κ1) is 17.4. The molecule has 7 heteroatoms. The first-order valence-electron chi connectivity index (χ1n) is 8.62. The van der Waals surface area contributed by atoms with Crippen LogP contribution in [-0.2, 0) is 4.79 Å². The number of nitrogens with one attached hydrogen (secondary N) is 2. The number of aliphatic imine (C=N–C) groups is 2. The number of likely N-dealkylation sites (N-methyl/N-ethyl adjacent to an activating group) is 1. The van der Waals surface area contributed by atoms with Crippen molar-refractivity contribution >= 4 is 23.8 Å². The molecule has 25 heavy (non-hydrogen) atoms. The molecule has 1 fully saturated rings. The molecule has 0 radical (unpaired) electrons. The molecular formula is C18H26N6O. The number of nitrogens with zero attached hydrogens (tertiary/aromatic N) is 4. The van der Waals surface area contributed by atoms with Gasteiger partial charge in [-0.15, -0.1) is 0 Å². The molecule has 2 atom stereocenters. The molecule has 0 spiro atoms. The lowest BCUT2D eigenvalue weighted by Gasteiger charge is -2.39. The van der Waals surface area contributed by atoms with E-state index >= 15 is 0 Å². The molecular weight excluding hydrogens is 316 g/mol. The van der Waals surface area contributed by atoms with Gasteiger partial charge in [0, 0.05) is 37.4 Å². The molecule has 134 valence electrons. The Morgan fingerprint density at radius 3 is 3.12 bits per heavy atom. The lowest BCUT2D eigenvalue weighted by molar-refractivity contribution is -0.128. The zero-order chi connectivity index (χ0) is 17.8. The number of hydrogen-bond donors (Lipinski definition) is 2. The molecule has 2 aliphatic rings. The van der Waals surface area contributed by atoms with Crippen molar-refractivity contribution in [1.82, 2.24) is 14.8 Å². The molecule has 0 saturated carbocycles. The predicted octanol–water partition coefficient (Wildman–Crippen LogP) is 1.22. The average molecular weight is 342 g/mol. The van der Waals surface area contributed by atoms with Crippen LogP contribution in [0.1, 0.15) is 12.0 Å². The fraction of sp³-hybridized carbons (Fsp3) is 0.500. The molecule has 3 heterocycles. The van der Waals surface area contributed by atoms with E-state index in [1.807, 2.05) is 17.2 Å². The summed E-state index contributed by atoms with van der Waals surface area (Å²) in [6.07, 6.45) is 6.04. The third-order valence-electron chi connectivity index (χ3n) is 4.87. The summed E-state index contributed by atoms with van der Waals surface area (Å²) in [5.41, 5.74) is 2.04. The van der Waals surface area contributed by atoms with E-state index in [1.165, 1.54) is 6.08 Å². The average Bonchev–Trinajstić information content (AvgIpc) is 3.00. The van der Waals surface area contributed by atoms with Crippen molar-refractivity contribution < 1.29 is 4.79 Å². The van der Waals surface area contributed by atoms with Crippen molar-refractivity contribution in [2.24, 2.45) is 15.9 Å². The van der Waals surface area contributed by atoms with Gasteiger partial charge in [0.1, 0.15) is 5.82 Å². The van der Waals surface area contributed by atoms with Crippen molar-refractivity contribution in [3.8, 4) is 0 Å². The fourth-order valence-electron chi connectivity index (χ4n) is 3.42. The van der Waals surface area contributed by atoms with Crippen molar-refractivity contribution in [3.05, 3.63) is 30.5 Å². The second kappa shape index (κ2) is 7.65. The number of aromatic amines is 1. The Bertz CT molecular complexity index is 689. The normalized spacial score (nSPS) is 24.8. The molecule has 0 unspecified atom stereocenters. The zero-order valence-electron chi connectivity index (χ0n) is 14.9. The van der Waals surface area contributed by atoms with E-state index in [0.717, 1.165) is 36.6 Å². The van der Waals surface area contributed by atoms with Crippen LogP contribution in [0.25, 0.3) is 0 Å². The Morgan fingerprint density at radius 2 is 2.36 bits per heavy atom. The summed E-state index contributed by atoms with van der Waals surface area (Å²) in [5, 5.41) is 3.13. The van der Waals surface area contributed by atoms with Gasteiger partial charge in [0.05, 0.1) is 18.6 Å². The Hall–Kier alpha value is -2.41. The standard InChI is InChI=1S/C18H26N6O/c1-4-17(25)24-10-13(7-14(11-24)23(2)3)8-21-16-9-19-12-22-18-15(16)5-6-20-18/h4-6,12-14,20H,1,7-11H2,2-3H3,(H,19,22)/t13-,14-/m0/s1. The Labute approximate surface area is 148 Å². The minimum absolute atomic E-state index is 0.000361. The largest absolute Gasteiger partial charge is 0.348 e. The van der Waals surface area contributed by atoms with Gasteiger partial charge in [0.2, 0.25) is 5.91 Å². The molecule has 0 bridgehead atoms. The van der Waals surface area contributed by atoms with Crippen LogP contribution in [0.5, 0.6) is 0 Å². The predicted molar refractivity (Wildman–Crippen MR) is 102 cm³/mol. The first-order valence-corrected chi connectivity index (χ1v) is 8.62. The highest BCUT2D eigenvalue weighted by molar-refractivity contribution is 6.08. The Morgan fingerprint density at radius 1 is 1.52 bits per heavy atom. The zero-order valence-corrected chi connectivity index (χ0v) is 14.9. The van der Waals surface area contributed by atoms with Crippen molar-refractivity contribution in [2.75, 3.05) is 45.6 Å². The second-order valence-electron chi connectivity index (χ2n) is 6.83. The summed E-state index contributed by atoms with van der Waals surface area (Å²) in [6, 6.07) is 2.37. The van der Waals surface area contributed by atoms with Crippen LogP contribution >= 0.6 is 0 Å². The topological polar surface area (TPSA) is 76.1 Å². The van der Waals surface area contributed by atoms with Gasteiger partial charge in [-0.25, -0.2) is 0 Å². The number of carbonyl (C=O) groups is 1. The van der Waals surface area contributed by atoms with Crippen LogP contribution in [0.4, 0.5) is 5.82 Å². The number of hydrogen-bond acceptors (Lipinski definition) is 5. The van der Waals surface area contributed by atoms with Crippen LogP contribution in [0.3, 0.4) is 0 Å². The van der Waals surface area contributed by atoms with Gasteiger partial charge in [-0.05, 0) is 38.6 Å². The molecule has 2 N–H and O–H groups in total. The van der Waals surface area contributed by atoms with Crippen molar-refractivity contribution in [2.45, 2.75) is 12.5 Å². The molecule has 1 saturated heterocycles. The maximum absolute atomic E-state index is 12.1. The van der Waals surface area contributed by atoms with E-state index in [9.17, 15) is 4.79 Å². The number of likely N-dealkylation sites (tertiary alicyclic amines) is 1. The summed E-state index contributed by atoms with van der Waals surface area (Å²) in [7, 11) is 4.13. The third kappa shape index (κ3) is 3.99. The van der Waals surface area contributed by atoms with Gasteiger partial charge in [-0.3, -0.25) is 14.8 Å². The van der Waals surface area contributed by atoms with Gasteiger partial charge >= 0.3 is 0 Å². The quantitative estimate of drug-likeness (QED) is 0.808. The van der Waals surface area contributed by atoms with E-state index in [1.54, 1.807) is 6.34 Å². The lowest BCUT2D eigenvalue weighted by atomic mass is 9.93. The number of piperidine rings is 1. The highest BCUT2D eigenvalue weighted by Crippen LogP contribution is 2.22. The third-order valence-corrected chi connectivity index (χ3v) is 4.87. The number of anilines is 1. The van der Waals surface area contributed by atoms with Gasteiger partial charge in [-0.2, -0.15) is 0 Å². The van der Waals surface area contributed by atoms with Crippen LogP contribution in [0.15, 0.2) is 34.9 Å². The highest BCUT2D eigenvalue weighted by Gasteiger charge is 2.30. The number of H-pyrrole nitrogens is 1. The monoisotopic (exact) mass is 342 g/mol. The molecule has 7 nitrogen and oxygen atoms in total. The summed E-state index contributed by atoms with van der Waals surface area (Å²) >= 11 is 0. The van der Waals surface area contributed by atoms with Crippen LogP contribution in [-0.4, -0.2) is 79.1 Å².